The zero-order valence-corrected chi connectivity index (χ0v) is 15.4. The maximum atomic E-state index is 12.4. The lowest BCUT2D eigenvalue weighted by Gasteiger charge is -2.31. The molecule has 6 heteroatoms. The molecule has 1 amide bonds. The van der Waals surface area contributed by atoms with Crippen molar-refractivity contribution in [3.63, 3.8) is 0 Å². The number of aromatic nitrogens is 2. The van der Waals surface area contributed by atoms with Gasteiger partial charge >= 0.3 is 0 Å². The Morgan fingerprint density at radius 1 is 1.32 bits per heavy atom. The van der Waals surface area contributed by atoms with Gasteiger partial charge in [0.05, 0.1) is 6.33 Å². The first-order chi connectivity index (χ1) is 12.3. The quantitative estimate of drug-likeness (QED) is 0.781. The van der Waals surface area contributed by atoms with Crippen LogP contribution in [0.4, 0.5) is 0 Å². The Labute approximate surface area is 150 Å². The third-order valence-electron chi connectivity index (χ3n) is 5.56. The molecular formula is C19H32N4O2. The first-order valence-electron chi connectivity index (χ1n) is 9.83. The molecule has 25 heavy (non-hydrogen) atoms. The molecule has 0 radical (unpaired) electrons. The second-order valence-electron chi connectivity index (χ2n) is 7.42. The Balaban J connectivity index is 1.45. The standard InChI is InChI=1S/C19H32N4O2/c1-2-4-16-13-23(17-6-11-25-12-7-17)14-18(16)21-19(24)5-3-9-22-10-8-20-15-22/h8,10,15-18H,2-7,9,11-14H2,1H3,(H,21,24)/t16-,18-/m1/s1. The predicted octanol–water partition coefficient (Wildman–Crippen LogP) is 2.06. The summed E-state index contributed by atoms with van der Waals surface area (Å²) in [5.74, 6) is 0.783. The Morgan fingerprint density at radius 3 is 2.88 bits per heavy atom. The van der Waals surface area contributed by atoms with Crippen LogP contribution in [0.1, 0.15) is 45.4 Å². The minimum absolute atomic E-state index is 0.194. The third kappa shape index (κ3) is 5.28. The Bertz CT molecular complexity index is 514. The van der Waals surface area contributed by atoms with Gasteiger partial charge in [-0.3, -0.25) is 9.69 Å². The lowest BCUT2D eigenvalue weighted by atomic mass is 9.98. The largest absolute Gasteiger partial charge is 0.381 e. The van der Waals surface area contributed by atoms with E-state index in [2.05, 4.69) is 22.1 Å². The number of imidazole rings is 1. The van der Waals surface area contributed by atoms with Gasteiger partial charge in [-0.15, -0.1) is 0 Å². The molecule has 1 aromatic rings. The maximum absolute atomic E-state index is 12.4. The van der Waals surface area contributed by atoms with Crippen molar-refractivity contribution >= 4 is 5.91 Å². The van der Waals surface area contributed by atoms with Gasteiger partial charge in [-0.05, 0) is 31.6 Å². The molecule has 6 nitrogen and oxygen atoms in total. The van der Waals surface area contributed by atoms with E-state index in [1.807, 2.05) is 10.8 Å². The van der Waals surface area contributed by atoms with E-state index in [4.69, 9.17) is 4.74 Å². The molecule has 2 saturated heterocycles. The molecule has 0 bridgehead atoms. The van der Waals surface area contributed by atoms with Crippen LogP contribution >= 0.6 is 0 Å². The molecule has 0 unspecified atom stereocenters. The van der Waals surface area contributed by atoms with Gasteiger partial charge in [0.1, 0.15) is 0 Å². The van der Waals surface area contributed by atoms with E-state index in [1.165, 1.54) is 12.8 Å². The molecule has 1 aromatic heterocycles. The average Bonchev–Trinajstić information content (AvgIpc) is 3.27. The Morgan fingerprint density at radius 2 is 2.16 bits per heavy atom. The Hall–Kier alpha value is -1.40. The average molecular weight is 348 g/mol. The van der Waals surface area contributed by atoms with Crippen molar-refractivity contribution in [2.45, 2.75) is 64.1 Å². The first-order valence-corrected chi connectivity index (χ1v) is 9.83. The topological polar surface area (TPSA) is 59.4 Å². The van der Waals surface area contributed by atoms with Gasteiger partial charge in [-0.1, -0.05) is 13.3 Å². The van der Waals surface area contributed by atoms with E-state index in [9.17, 15) is 4.79 Å². The van der Waals surface area contributed by atoms with Crippen LogP contribution in [0.25, 0.3) is 0 Å². The smallest absolute Gasteiger partial charge is 0.220 e. The van der Waals surface area contributed by atoms with E-state index in [0.717, 1.165) is 52.1 Å². The molecule has 2 aliphatic rings. The van der Waals surface area contributed by atoms with E-state index in [1.54, 1.807) is 12.5 Å². The van der Waals surface area contributed by atoms with Crippen molar-refractivity contribution in [3.05, 3.63) is 18.7 Å². The number of hydrogen-bond acceptors (Lipinski definition) is 4. The minimum atomic E-state index is 0.194. The predicted molar refractivity (Wildman–Crippen MR) is 97.2 cm³/mol. The van der Waals surface area contributed by atoms with Crippen molar-refractivity contribution in [2.24, 2.45) is 5.92 Å². The van der Waals surface area contributed by atoms with E-state index in [0.29, 0.717) is 24.4 Å². The number of likely N-dealkylation sites (tertiary alicyclic amines) is 1. The fourth-order valence-electron chi connectivity index (χ4n) is 4.20. The summed E-state index contributed by atoms with van der Waals surface area (Å²) in [5, 5.41) is 3.33. The van der Waals surface area contributed by atoms with Gasteiger partial charge in [0.25, 0.3) is 0 Å². The highest BCUT2D eigenvalue weighted by Crippen LogP contribution is 2.27. The van der Waals surface area contributed by atoms with Crippen molar-refractivity contribution in [1.82, 2.24) is 19.8 Å². The number of aryl methyl sites for hydroxylation is 1. The Kier molecular flexibility index (Phi) is 6.87. The normalized spacial score (nSPS) is 25.3. The summed E-state index contributed by atoms with van der Waals surface area (Å²) in [6.45, 7) is 6.97. The van der Waals surface area contributed by atoms with Crippen LogP contribution in [-0.2, 0) is 16.1 Å². The van der Waals surface area contributed by atoms with E-state index in [-0.39, 0.29) is 5.91 Å². The van der Waals surface area contributed by atoms with E-state index >= 15 is 0 Å². The molecule has 0 aliphatic carbocycles. The molecule has 3 rings (SSSR count). The van der Waals surface area contributed by atoms with Crippen LogP contribution in [0.5, 0.6) is 0 Å². The zero-order valence-electron chi connectivity index (χ0n) is 15.4. The van der Waals surface area contributed by atoms with Crippen LogP contribution in [0.15, 0.2) is 18.7 Å². The fourth-order valence-corrected chi connectivity index (χ4v) is 4.20. The fraction of sp³-hybridized carbons (Fsp3) is 0.789. The molecule has 3 heterocycles. The summed E-state index contributed by atoms with van der Waals surface area (Å²) in [6, 6.07) is 0.944. The summed E-state index contributed by atoms with van der Waals surface area (Å²) >= 11 is 0. The molecule has 2 atom stereocenters. The van der Waals surface area contributed by atoms with Gasteiger partial charge in [0.2, 0.25) is 5.91 Å². The maximum Gasteiger partial charge on any atom is 0.220 e. The SMILES string of the molecule is CCC[C@@H]1CN(C2CCOCC2)C[C@H]1NC(=O)CCCn1ccnc1. The molecular weight excluding hydrogens is 316 g/mol. The third-order valence-corrected chi connectivity index (χ3v) is 5.56. The summed E-state index contributed by atoms with van der Waals surface area (Å²) in [7, 11) is 0. The number of carbonyl (C=O) groups excluding carboxylic acids is 1. The van der Waals surface area contributed by atoms with Gasteiger partial charge in [0, 0.05) is 63.7 Å². The summed E-state index contributed by atoms with van der Waals surface area (Å²) in [6.07, 6.45) is 11.6. The molecule has 140 valence electrons. The van der Waals surface area contributed by atoms with Crippen LogP contribution in [0, 0.1) is 5.92 Å². The van der Waals surface area contributed by atoms with Crippen LogP contribution in [0.2, 0.25) is 0 Å². The van der Waals surface area contributed by atoms with Gasteiger partial charge < -0.3 is 14.6 Å². The number of nitrogens with one attached hydrogen (secondary N) is 1. The lowest BCUT2D eigenvalue weighted by Crippen LogP contribution is -2.42. The number of nitrogens with zero attached hydrogens (tertiary/aromatic N) is 3. The monoisotopic (exact) mass is 348 g/mol. The number of hydrogen-bond donors (Lipinski definition) is 1. The number of rotatable bonds is 8. The van der Waals surface area contributed by atoms with Crippen molar-refractivity contribution in [1.29, 1.82) is 0 Å². The van der Waals surface area contributed by atoms with Gasteiger partial charge in [-0.25, -0.2) is 4.98 Å². The zero-order chi connectivity index (χ0) is 17.5. The summed E-state index contributed by atoms with van der Waals surface area (Å²) < 4.78 is 7.52. The van der Waals surface area contributed by atoms with E-state index < -0.39 is 0 Å². The second-order valence-corrected chi connectivity index (χ2v) is 7.42. The van der Waals surface area contributed by atoms with Crippen LogP contribution < -0.4 is 5.32 Å². The molecule has 1 N–H and O–H groups in total. The van der Waals surface area contributed by atoms with Gasteiger partial charge in [0.15, 0.2) is 0 Å². The lowest BCUT2D eigenvalue weighted by molar-refractivity contribution is -0.122. The van der Waals surface area contributed by atoms with Crippen LogP contribution in [-0.4, -0.2) is 58.7 Å². The molecule has 2 fully saturated rings. The highest BCUT2D eigenvalue weighted by atomic mass is 16.5. The highest BCUT2D eigenvalue weighted by molar-refractivity contribution is 5.76. The minimum Gasteiger partial charge on any atom is -0.381 e. The summed E-state index contributed by atoms with van der Waals surface area (Å²) in [5.41, 5.74) is 0. The first kappa shape index (κ1) is 18.4. The van der Waals surface area contributed by atoms with Crippen molar-refractivity contribution < 1.29 is 9.53 Å². The molecule has 0 spiro atoms. The summed E-state index contributed by atoms with van der Waals surface area (Å²) in [4.78, 5) is 19.0. The molecule has 0 aromatic carbocycles. The molecule has 0 saturated carbocycles. The van der Waals surface area contributed by atoms with Gasteiger partial charge in [-0.2, -0.15) is 0 Å². The van der Waals surface area contributed by atoms with Crippen molar-refractivity contribution in [2.75, 3.05) is 26.3 Å². The number of ether oxygens (including phenoxy) is 1. The second kappa shape index (κ2) is 9.34. The van der Waals surface area contributed by atoms with Crippen LogP contribution in [0.3, 0.4) is 0 Å². The number of amides is 1. The number of carbonyl (C=O) groups is 1. The molecule has 2 aliphatic heterocycles. The highest BCUT2D eigenvalue weighted by Gasteiger charge is 2.36. The van der Waals surface area contributed by atoms with Crippen molar-refractivity contribution in [3.8, 4) is 0 Å².